The molecule has 0 aliphatic rings. The molecule has 0 aliphatic carbocycles. The zero-order valence-corrected chi connectivity index (χ0v) is 12.0. The fourth-order valence-corrected chi connectivity index (χ4v) is 1.77. The van der Waals surface area contributed by atoms with Crippen molar-refractivity contribution in [2.24, 2.45) is 0 Å². The topological polar surface area (TPSA) is 64.3 Å². The zero-order chi connectivity index (χ0) is 14.5. The molecular formula is C14H12BrFN2O2. The third-order valence-corrected chi connectivity index (χ3v) is 2.98. The highest BCUT2D eigenvalue weighted by Gasteiger charge is 2.08. The number of carbonyl (C=O) groups is 1. The predicted molar refractivity (Wildman–Crippen MR) is 79.1 cm³/mol. The van der Waals surface area contributed by atoms with Crippen molar-refractivity contribution >= 4 is 33.2 Å². The molecule has 0 aliphatic heterocycles. The second-order valence-electron chi connectivity index (χ2n) is 4.03. The maximum atomic E-state index is 13.4. The molecule has 0 fully saturated rings. The van der Waals surface area contributed by atoms with Crippen LogP contribution in [-0.4, -0.2) is 12.5 Å². The standard InChI is InChI=1S/C14H12BrFN2O2/c15-9-1-4-11(5-2-9)20-8-14(19)18-13-7-10(17)3-6-12(13)16/h1-7H,8,17H2,(H,18,19). The Morgan fingerprint density at radius 3 is 2.65 bits per heavy atom. The number of hydrogen-bond donors (Lipinski definition) is 2. The number of carbonyl (C=O) groups excluding carboxylic acids is 1. The number of nitrogens with one attached hydrogen (secondary N) is 1. The Morgan fingerprint density at radius 2 is 1.95 bits per heavy atom. The summed E-state index contributed by atoms with van der Waals surface area (Å²) >= 11 is 3.30. The highest BCUT2D eigenvalue weighted by atomic mass is 79.9. The van der Waals surface area contributed by atoms with Crippen molar-refractivity contribution in [3.8, 4) is 5.75 Å². The minimum Gasteiger partial charge on any atom is -0.484 e. The van der Waals surface area contributed by atoms with Crippen LogP contribution in [0.4, 0.5) is 15.8 Å². The van der Waals surface area contributed by atoms with Crippen molar-refractivity contribution in [2.45, 2.75) is 0 Å². The first-order chi connectivity index (χ1) is 9.54. The van der Waals surface area contributed by atoms with Gasteiger partial charge in [0.25, 0.3) is 5.91 Å². The van der Waals surface area contributed by atoms with Gasteiger partial charge in [0.05, 0.1) is 5.69 Å². The molecule has 20 heavy (non-hydrogen) atoms. The maximum Gasteiger partial charge on any atom is 0.262 e. The van der Waals surface area contributed by atoms with E-state index >= 15 is 0 Å². The van der Waals surface area contributed by atoms with E-state index in [1.165, 1.54) is 18.2 Å². The summed E-state index contributed by atoms with van der Waals surface area (Å²) in [6, 6.07) is 11.0. The fraction of sp³-hybridized carbons (Fsp3) is 0.0714. The summed E-state index contributed by atoms with van der Waals surface area (Å²) in [5.41, 5.74) is 5.94. The van der Waals surface area contributed by atoms with Gasteiger partial charge in [-0.2, -0.15) is 0 Å². The molecule has 1 amide bonds. The van der Waals surface area contributed by atoms with E-state index in [4.69, 9.17) is 10.5 Å². The Bertz CT molecular complexity index is 617. The molecule has 2 rings (SSSR count). The van der Waals surface area contributed by atoms with Gasteiger partial charge >= 0.3 is 0 Å². The maximum absolute atomic E-state index is 13.4. The fourth-order valence-electron chi connectivity index (χ4n) is 1.50. The van der Waals surface area contributed by atoms with Gasteiger partial charge in [0, 0.05) is 10.2 Å². The van der Waals surface area contributed by atoms with Crippen molar-refractivity contribution in [1.82, 2.24) is 0 Å². The molecule has 0 saturated carbocycles. The number of halogens is 2. The molecule has 6 heteroatoms. The predicted octanol–water partition coefficient (Wildman–Crippen LogP) is 3.19. The number of rotatable bonds is 4. The molecule has 3 N–H and O–H groups in total. The zero-order valence-electron chi connectivity index (χ0n) is 10.4. The van der Waals surface area contributed by atoms with Crippen molar-refractivity contribution in [3.63, 3.8) is 0 Å². The minimum absolute atomic E-state index is 0.0365. The lowest BCUT2D eigenvalue weighted by atomic mass is 10.2. The van der Waals surface area contributed by atoms with Crippen LogP contribution in [0.5, 0.6) is 5.75 Å². The van der Waals surface area contributed by atoms with E-state index in [9.17, 15) is 9.18 Å². The lowest BCUT2D eigenvalue weighted by Crippen LogP contribution is -2.20. The highest BCUT2D eigenvalue weighted by Crippen LogP contribution is 2.18. The molecule has 0 saturated heterocycles. The molecule has 4 nitrogen and oxygen atoms in total. The summed E-state index contributed by atoms with van der Waals surface area (Å²) in [6.07, 6.45) is 0. The summed E-state index contributed by atoms with van der Waals surface area (Å²) in [6.45, 7) is -0.212. The van der Waals surface area contributed by atoms with E-state index in [2.05, 4.69) is 21.2 Å². The second kappa shape index (κ2) is 6.38. The van der Waals surface area contributed by atoms with Gasteiger partial charge in [-0.15, -0.1) is 0 Å². The quantitative estimate of drug-likeness (QED) is 0.841. The molecule has 0 aromatic heterocycles. The van der Waals surface area contributed by atoms with Gasteiger partial charge in [0.1, 0.15) is 11.6 Å². The molecule has 0 heterocycles. The Morgan fingerprint density at radius 1 is 1.25 bits per heavy atom. The number of benzene rings is 2. The van der Waals surface area contributed by atoms with Crippen LogP contribution in [0.25, 0.3) is 0 Å². The van der Waals surface area contributed by atoms with E-state index in [0.717, 1.165) is 4.47 Å². The van der Waals surface area contributed by atoms with Crippen LogP contribution >= 0.6 is 15.9 Å². The van der Waals surface area contributed by atoms with Crippen molar-refractivity contribution in [3.05, 3.63) is 52.8 Å². The number of nitrogens with two attached hydrogens (primary N) is 1. The van der Waals surface area contributed by atoms with E-state index < -0.39 is 11.7 Å². The molecule has 104 valence electrons. The van der Waals surface area contributed by atoms with Crippen LogP contribution in [0.2, 0.25) is 0 Å². The van der Waals surface area contributed by atoms with Gasteiger partial charge in [-0.25, -0.2) is 4.39 Å². The lowest BCUT2D eigenvalue weighted by Gasteiger charge is -2.09. The summed E-state index contributed by atoms with van der Waals surface area (Å²) in [5, 5.41) is 2.40. The average Bonchev–Trinajstić information content (AvgIpc) is 2.42. The number of amides is 1. The second-order valence-corrected chi connectivity index (χ2v) is 4.95. The SMILES string of the molecule is Nc1ccc(F)c(NC(=O)COc2ccc(Br)cc2)c1. The Kier molecular flexibility index (Phi) is 4.57. The summed E-state index contributed by atoms with van der Waals surface area (Å²) in [7, 11) is 0. The molecular weight excluding hydrogens is 327 g/mol. The Labute approximate surface area is 123 Å². The molecule has 0 spiro atoms. The van der Waals surface area contributed by atoms with Gasteiger partial charge < -0.3 is 15.8 Å². The van der Waals surface area contributed by atoms with Crippen LogP contribution < -0.4 is 15.8 Å². The molecule has 2 aromatic rings. The van der Waals surface area contributed by atoms with Crippen LogP contribution in [0.1, 0.15) is 0 Å². The van der Waals surface area contributed by atoms with Gasteiger partial charge in [0.2, 0.25) is 0 Å². The smallest absolute Gasteiger partial charge is 0.262 e. The van der Waals surface area contributed by atoms with Gasteiger partial charge in [-0.1, -0.05) is 15.9 Å². The monoisotopic (exact) mass is 338 g/mol. The Hall–Kier alpha value is -2.08. The summed E-state index contributed by atoms with van der Waals surface area (Å²) in [4.78, 5) is 11.7. The average molecular weight is 339 g/mol. The molecule has 0 atom stereocenters. The number of hydrogen-bond acceptors (Lipinski definition) is 3. The van der Waals surface area contributed by atoms with Crippen LogP contribution in [0.3, 0.4) is 0 Å². The summed E-state index contributed by atoms with van der Waals surface area (Å²) < 4.78 is 19.6. The van der Waals surface area contributed by atoms with Gasteiger partial charge in [-0.3, -0.25) is 4.79 Å². The van der Waals surface area contributed by atoms with Crippen LogP contribution in [-0.2, 0) is 4.79 Å². The van der Waals surface area contributed by atoms with Crippen molar-refractivity contribution in [1.29, 1.82) is 0 Å². The van der Waals surface area contributed by atoms with Crippen molar-refractivity contribution < 1.29 is 13.9 Å². The number of ether oxygens (including phenoxy) is 1. The third kappa shape index (κ3) is 3.96. The molecule has 0 radical (unpaired) electrons. The van der Waals surface area contributed by atoms with E-state index in [1.54, 1.807) is 24.3 Å². The van der Waals surface area contributed by atoms with E-state index in [0.29, 0.717) is 11.4 Å². The van der Waals surface area contributed by atoms with E-state index in [1.807, 2.05) is 0 Å². The van der Waals surface area contributed by atoms with E-state index in [-0.39, 0.29) is 12.3 Å². The minimum atomic E-state index is -0.545. The molecule has 2 aromatic carbocycles. The van der Waals surface area contributed by atoms with Crippen LogP contribution in [0, 0.1) is 5.82 Å². The first kappa shape index (κ1) is 14.3. The third-order valence-electron chi connectivity index (χ3n) is 2.45. The largest absolute Gasteiger partial charge is 0.484 e. The molecule has 0 bridgehead atoms. The molecule has 0 unspecified atom stereocenters. The van der Waals surface area contributed by atoms with Crippen molar-refractivity contribution in [2.75, 3.05) is 17.7 Å². The summed E-state index contributed by atoms with van der Waals surface area (Å²) in [5.74, 6) is -0.454. The normalized spacial score (nSPS) is 10.1. The van der Waals surface area contributed by atoms with Gasteiger partial charge in [0.15, 0.2) is 6.61 Å². The number of anilines is 2. The lowest BCUT2D eigenvalue weighted by molar-refractivity contribution is -0.118. The van der Waals surface area contributed by atoms with Gasteiger partial charge in [-0.05, 0) is 42.5 Å². The van der Waals surface area contributed by atoms with Crippen LogP contribution in [0.15, 0.2) is 46.9 Å². The first-order valence-corrected chi connectivity index (χ1v) is 6.57. The first-order valence-electron chi connectivity index (χ1n) is 5.78. The number of nitrogen functional groups attached to an aromatic ring is 1. The highest BCUT2D eigenvalue weighted by molar-refractivity contribution is 9.10. The Balaban J connectivity index is 1.92.